The van der Waals surface area contributed by atoms with E-state index in [4.69, 9.17) is 4.98 Å². The van der Waals surface area contributed by atoms with Crippen molar-refractivity contribution in [2.75, 3.05) is 0 Å². The predicted octanol–water partition coefficient (Wildman–Crippen LogP) is 5.16. The zero-order valence-corrected chi connectivity index (χ0v) is 14.8. The molecule has 0 saturated carbocycles. The van der Waals surface area contributed by atoms with Crippen molar-refractivity contribution in [2.24, 2.45) is 0 Å². The lowest BCUT2D eigenvalue weighted by Gasteiger charge is -2.03. The number of aromatic nitrogens is 4. The number of unbranched alkanes of at least 4 members (excludes halogenated alkanes) is 1. The van der Waals surface area contributed by atoms with Crippen LogP contribution in [-0.2, 0) is 6.42 Å². The Bertz CT molecular complexity index is 995. The molecule has 25 heavy (non-hydrogen) atoms. The average molecular weight is 346 g/mol. The molecular weight excluding hydrogens is 328 g/mol. The lowest BCUT2D eigenvalue weighted by Crippen LogP contribution is -1.98. The van der Waals surface area contributed by atoms with Crippen LogP contribution in [-0.4, -0.2) is 20.4 Å². The summed E-state index contributed by atoms with van der Waals surface area (Å²) < 4.78 is 1.16. The van der Waals surface area contributed by atoms with Gasteiger partial charge in [-0.05, 0) is 29.7 Å². The second-order valence-electron chi connectivity index (χ2n) is 5.95. The molecule has 2 aromatic carbocycles. The summed E-state index contributed by atoms with van der Waals surface area (Å²) in [6.07, 6.45) is 5.03. The van der Waals surface area contributed by atoms with Crippen LogP contribution in [0.15, 0.2) is 54.7 Å². The van der Waals surface area contributed by atoms with Crippen molar-refractivity contribution >= 4 is 21.6 Å². The van der Waals surface area contributed by atoms with Crippen LogP contribution in [0.5, 0.6) is 0 Å². The van der Waals surface area contributed by atoms with Crippen LogP contribution in [0.4, 0.5) is 0 Å². The van der Waals surface area contributed by atoms with Crippen LogP contribution in [0.2, 0.25) is 0 Å². The fourth-order valence-electron chi connectivity index (χ4n) is 2.92. The highest BCUT2D eigenvalue weighted by Crippen LogP contribution is 2.35. The number of hydrogen-bond donors (Lipinski definition) is 0. The molecule has 124 valence electrons. The molecule has 0 aliphatic rings. The summed E-state index contributed by atoms with van der Waals surface area (Å²) >= 11 is 1.67. The molecule has 4 rings (SSSR count). The van der Waals surface area contributed by atoms with Gasteiger partial charge in [-0.15, -0.1) is 21.5 Å². The molecule has 0 unspecified atom stereocenters. The second-order valence-corrected chi connectivity index (χ2v) is 6.98. The van der Waals surface area contributed by atoms with Crippen LogP contribution in [0.3, 0.4) is 0 Å². The van der Waals surface area contributed by atoms with Gasteiger partial charge in [0.15, 0.2) is 0 Å². The molecular formula is C20H18N4S. The zero-order chi connectivity index (χ0) is 17.1. The average Bonchev–Trinajstić information content (AvgIpc) is 3.11. The minimum atomic E-state index is 0.865. The summed E-state index contributed by atoms with van der Waals surface area (Å²) in [4.78, 5) is 4.92. The number of thiazole rings is 1. The summed E-state index contributed by atoms with van der Waals surface area (Å²) in [5.41, 5.74) is 5.34. The Hall–Kier alpha value is -2.66. The van der Waals surface area contributed by atoms with E-state index in [2.05, 4.69) is 64.8 Å². The van der Waals surface area contributed by atoms with Crippen molar-refractivity contribution in [3.05, 3.63) is 60.3 Å². The van der Waals surface area contributed by atoms with E-state index < -0.39 is 0 Å². The molecule has 2 heterocycles. The molecule has 5 heteroatoms. The highest BCUT2D eigenvalue weighted by atomic mass is 32.1. The van der Waals surface area contributed by atoms with Crippen LogP contribution in [0.25, 0.3) is 32.0 Å². The van der Waals surface area contributed by atoms with Gasteiger partial charge in [-0.2, -0.15) is 0 Å². The summed E-state index contributed by atoms with van der Waals surface area (Å²) in [7, 11) is 0. The van der Waals surface area contributed by atoms with E-state index in [1.165, 1.54) is 5.56 Å². The molecule has 4 nitrogen and oxygen atoms in total. The summed E-state index contributed by atoms with van der Waals surface area (Å²) in [5.74, 6) is 0. The predicted molar refractivity (Wildman–Crippen MR) is 102 cm³/mol. The Morgan fingerprint density at radius 3 is 2.72 bits per heavy atom. The number of hydrogen-bond acceptors (Lipinski definition) is 5. The van der Waals surface area contributed by atoms with Crippen molar-refractivity contribution in [3.8, 4) is 21.8 Å². The van der Waals surface area contributed by atoms with Crippen molar-refractivity contribution in [1.82, 2.24) is 20.4 Å². The van der Waals surface area contributed by atoms with Crippen molar-refractivity contribution < 1.29 is 0 Å². The molecule has 0 bridgehead atoms. The first-order valence-electron chi connectivity index (χ1n) is 8.49. The molecule has 0 saturated heterocycles. The maximum absolute atomic E-state index is 4.92. The van der Waals surface area contributed by atoms with Gasteiger partial charge >= 0.3 is 0 Å². The second kappa shape index (κ2) is 7.07. The molecule has 0 atom stereocenters. The first-order valence-corrected chi connectivity index (χ1v) is 9.31. The first kappa shape index (κ1) is 15.8. The molecule has 0 radical (unpaired) electrons. The SMILES string of the molecule is CCCCc1cnnnc1-c1nc2c(-c3ccccc3)cccc2s1. The van der Waals surface area contributed by atoms with Gasteiger partial charge in [0.2, 0.25) is 0 Å². The molecule has 4 aromatic rings. The lowest BCUT2D eigenvalue weighted by atomic mass is 10.0. The largest absolute Gasteiger partial charge is 0.234 e. The summed E-state index contributed by atoms with van der Waals surface area (Å²) in [6, 6.07) is 16.7. The quantitative estimate of drug-likeness (QED) is 0.501. The number of para-hydroxylation sites is 1. The monoisotopic (exact) mass is 346 g/mol. The van der Waals surface area contributed by atoms with Gasteiger partial charge in [-0.1, -0.05) is 55.8 Å². The number of benzene rings is 2. The maximum atomic E-state index is 4.92. The molecule has 0 aliphatic carbocycles. The van der Waals surface area contributed by atoms with Gasteiger partial charge in [0.1, 0.15) is 10.7 Å². The Morgan fingerprint density at radius 2 is 1.88 bits per heavy atom. The molecule has 0 aliphatic heterocycles. The van der Waals surface area contributed by atoms with Crippen molar-refractivity contribution in [3.63, 3.8) is 0 Å². The zero-order valence-electron chi connectivity index (χ0n) is 14.0. The highest BCUT2D eigenvalue weighted by molar-refractivity contribution is 7.21. The number of aryl methyl sites for hydroxylation is 1. The third kappa shape index (κ3) is 3.15. The third-order valence-electron chi connectivity index (χ3n) is 4.22. The van der Waals surface area contributed by atoms with E-state index in [9.17, 15) is 0 Å². The third-order valence-corrected chi connectivity index (χ3v) is 5.25. The normalized spacial score (nSPS) is 11.1. The smallest absolute Gasteiger partial charge is 0.145 e. The molecule has 0 fully saturated rings. The van der Waals surface area contributed by atoms with Crippen molar-refractivity contribution in [1.29, 1.82) is 0 Å². The van der Waals surface area contributed by atoms with Gasteiger partial charge in [-0.25, -0.2) is 4.98 Å². The Balaban J connectivity index is 1.83. The van der Waals surface area contributed by atoms with E-state index in [1.807, 2.05) is 12.3 Å². The first-order chi connectivity index (χ1) is 12.4. The molecule has 2 aromatic heterocycles. The standard InChI is InChI=1S/C20H18N4S/c1-2-3-8-15-13-21-24-23-18(15)20-22-19-16(11-7-12-17(19)25-20)14-9-5-4-6-10-14/h4-7,9-13H,2-3,8H2,1H3. The minimum absolute atomic E-state index is 0.865. The van der Waals surface area contributed by atoms with E-state index in [0.29, 0.717) is 0 Å². The topological polar surface area (TPSA) is 51.6 Å². The van der Waals surface area contributed by atoms with Gasteiger partial charge in [-0.3, -0.25) is 0 Å². The molecule has 0 spiro atoms. The van der Waals surface area contributed by atoms with Crippen LogP contribution in [0.1, 0.15) is 25.3 Å². The Kier molecular flexibility index (Phi) is 4.48. The highest BCUT2D eigenvalue weighted by Gasteiger charge is 2.15. The van der Waals surface area contributed by atoms with Crippen LogP contribution < -0.4 is 0 Å². The fraction of sp³-hybridized carbons (Fsp3) is 0.200. The Morgan fingerprint density at radius 1 is 1.00 bits per heavy atom. The van der Waals surface area contributed by atoms with E-state index in [-0.39, 0.29) is 0 Å². The van der Waals surface area contributed by atoms with Gasteiger partial charge in [0.25, 0.3) is 0 Å². The fourth-order valence-corrected chi connectivity index (χ4v) is 3.93. The van der Waals surface area contributed by atoms with E-state index in [0.717, 1.165) is 51.3 Å². The van der Waals surface area contributed by atoms with E-state index >= 15 is 0 Å². The lowest BCUT2D eigenvalue weighted by molar-refractivity contribution is 0.769. The van der Waals surface area contributed by atoms with Gasteiger partial charge < -0.3 is 0 Å². The Labute approximate surface area is 150 Å². The maximum Gasteiger partial charge on any atom is 0.145 e. The minimum Gasteiger partial charge on any atom is -0.234 e. The number of fused-ring (bicyclic) bond motifs is 1. The van der Waals surface area contributed by atoms with Crippen LogP contribution in [0, 0.1) is 0 Å². The van der Waals surface area contributed by atoms with Crippen LogP contribution >= 0.6 is 11.3 Å². The number of nitrogens with zero attached hydrogens (tertiary/aromatic N) is 4. The van der Waals surface area contributed by atoms with Gasteiger partial charge in [0, 0.05) is 11.1 Å². The summed E-state index contributed by atoms with van der Waals surface area (Å²) in [6.45, 7) is 2.19. The molecule has 0 N–H and O–H groups in total. The van der Waals surface area contributed by atoms with Gasteiger partial charge in [0.05, 0.1) is 16.4 Å². The van der Waals surface area contributed by atoms with Crippen molar-refractivity contribution in [2.45, 2.75) is 26.2 Å². The molecule has 0 amide bonds. The van der Waals surface area contributed by atoms with E-state index in [1.54, 1.807) is 11.3 Å². The summed E-state index contributed by atoms with van der Waals surface area (Å²) in [5, 5.41) is 13.0. The number of rotatable bonds is 5.